The first-order valence-electron chi connectivity index (χ1n) is 6.98. The van der Waals surface area contributed by atoms with E-state index in [1.165, 1.54) is 31.2 Å². The highest BCUT2D eigenvalue weighted by atomic mass is 32.2. The summed E-state index contributed by atoms with van der Waals surface area (Å²) in [7, 11) is -3.83. The van der Waals surface area contributed by atoms with Crippen LogP contribution in [0, 0.1) is 12.7 Å². The van der Waals surface area contributed by atoms with Gasteiger partial charge in [-0.2, -0.15) is 8.78 Å². The molecular weight excluding hydrogens is 357 g/mol. The van der Waals surface area contributed by atoms with Gasteiger partial charge in [-0.25, -0.2) is 17.6 Å². The number of carbonyl (C=O) groups is 1. The van der Waals surface area contributed by atoms with Crippen LogP contribution in [-0.2, 0) is 20.4 Å². The second-order valence-corrected chi connectivity index (χ2v) is 7.30. The Morgan fingerprint density at radius 2 is 1.68 bits per heavy atom. The molecule has 0 aliphatic rings. The number of hydrogen-bond donors (Lipinski definition) is 1. The zero-order chi connectivity index (χ0) is 18.8. The summed E-state index contributed by atoms with van der Waals surface area (Å²) in [5.41, 5.74) is -0.816. The van der Waals surface area contributed by atoms with Crippen molar-refractivity contribution in [3.63, 3.8) is 0 Å². The van der Waals surface area contributed by atoms with E-state index in [1.807, 2.05) is 0 Å². The van der Waals surface area contributed by atoms with Gasteiger partial charge >= 0.3 is 5.97 Å². The average Bonchev–Trinajstić information content (AvgIpc) is 2.50. The molecule has 2 aromatic rings. The summed E-state index contributed by atoms with van der Waals surface area (Å²) in [5, 5.41) is 8.78. The van der Waals surface area contributed by atoms with E-state index in [0.717, 1.165) is 18.2 Å². The Kier molecular flexibility index (Phi) is 5.32. The summed E-state index contributed by atoms with van der Waals surface area (Å²) in [4.78, 5) is 10.6. The van der Waals surface area contributed by atoms with Gasteiger partial charge in [0.25, 0.3) is 6.08 Å². The van der Waals surface area contributed by atoms with Gasteiger partial charge in [0.05, 0.1) is 10.6 Å². The molecule has 0 aromatic heterocycles. The summed E-state index contributed by atoms with van der Waals surface area (Å²) < 4.78 is 63.5. The van der Waals surface area contributed by atoms with Gasteiger partial charge in [0.15, 0.2) is 9.84 Å². The van der Waals surface area contributed by atoms with Crippen molar-refractivity contribution in [2.24, 2.45) is 0 Å². The maximum atomic E-state index is 13.5. The lowest BCUT2D eigenvalue weighted by molar-refractivity contribution is -0.130. The largest absolute Gasteiger partial charge is 0.477 e. The summed E-state index contributed by atoms with van der Waals surface area (Å²) >= 11 is 0. The normalized spacial score (nSPS) is 11.2. The first-order valence-corrected chi connectivity index (χ1v) is 8.64. The van der Waals surface area contributed by atoms with Crippen molar-refractivity contribution < 1.29 is 31.5 Å². The summed E-state index contributed by atoms with van der Waals surface area (Å²) in [6, 6.07) is 8.23. The third-order valence-electron chi connectivity index (χ3n) is 3.50. The molecule has 0 saturated heterocycles. The van der Waals surface area contributed by atoms with Crippen LogP contribution >= 0.6 is 0 Å². The minimum Gasteiger partial charge on any atom is -0.477 e. The van der Waals surface area contributed by atoms with E-state index in [9.17, 15) is 26.4 Å². The third-order valence-corrected chi connectivity index (χ3v) is 5.19. The van der Waals surface area contributed by atoms with Gasteiger partial charge in [-0.05, 0) is 35.7 Å². The van der Waals surface area contributed by atoms with Crippen molar-refractivity contribution in [1.82, 2.24) is 0 Å². The topological polar surface area (TPSA) is 71.4 Å². The van der Waals surface area contributed by atoms with Crippen LogP contribution < -0.4 is 0 Å². The van der Waals surface area contributed by atoms with E-state index >= 15 is 0 Å². The molecule has 1 N–H and O–H groups in total. The smallest absolute Gasteiger partial charge is 0.341 e. The predicted molar refractivity (Wildman–Crippen MR) is 85.2 cm³/mol. The molecule has 132 valence electrons. The Hall–Kier alpha value is -2.61. The highest BCUT2D eigenvalue weighted by molar-refractivity contribution is 7.90. The van der Waals surface area contributed by atoms with Gasteiger partial charge < -0.3 is 5.11 Å². The number of aliphatic carboxylic acids is 1. The Labute approximate surface area is 142 Å². The molecule has 0 radical (unpaired) electrons. The maximum absolute atomic E-state index is 13.5. The molecule has 0 aliphatic heterocycles. The van der Waals surface area contributed by atoms with Crippen LogP contribution in [0.1, 0.15) is 16.7 Å². The number of halogens is 3. The third kappa shape index (κ3) is 4.27. The van der Waals surface area contributed by atoms with E-state index in [-0.39, 0.29) is 16.0 Å². The predicted octanol–water partition coefficient (Wildman–Crippen LogP) is 3.80. The van der Waals surface area contributed by atoms with Crippen LogP contribution in [0.2, 0.25) is 0 Å². The summed E-state index contributed by atoms with van der Waals surface area (Å²) in [6.07, 6.45) is -2.34. The van der Waals surface area contributed by atoms with Crippen LogP contribution in [0.25, 0.3) is 5.57 Å². The van der Waals surface area contributed by atoms with Gasteiger partial charge in [-0.3, -0.25) is 0 Å². The van der Waals surface area contributed by atoms with Crippen molar-refractivity contribution in [3.8, 4) is 0 Å². The molecule has 0 amide bonds. The quantitative estimate of drug-likeness (QED) is 0.813. The van der Waals surface area contributed by atoms with E-state index in [4.69, 9.17) is 5.11 Å². The molecule has 0 heterocycles. The number of rotatable bonds is 5. The molecule has 2 rings (SSSR count). The van der Waals surface area contributed by atoms with Gasteiger partial charge in [0.1, 0.15) is 11.4 Å². The standard InChI is InChI=1S/C17H13F3O4S/c1-10-2-7-13(8-14(10)18)25(23,24)9-11-3-5-12(6-4-11)15(16(19)20)17(21)22/h2-8H,9H2,1H3,(H,21,22). The zero-order valence-electron chi connectivity index (χ0n) is 13.0. The van der Waals surface area contributed by atoms with E-state index in [1.54, 1.807) is 0 Å². The van der Waals surface area contributed by atoms with Crippen molar-refractivity contribution >= 4 is 21.4 Å². The fourth-order valence-electron chi connectivity index (χ4n) is 2.15. The number of carboxylic acid groups (broad SMARTS) is 1. The molecule has 0 atom stereocenters. The van der Waals surface area contributed by atoms with Gasteiger partial charge in [0, 0.05) is 0 Å². The van der Waals surface area contributed by atoms with Gasteiger partial charge in [-0.1, -0.05) is 30.3 Å². The molecule has 2 aromatic carbocycles. The van der Waals surface area contributed by atoms with Crippen molar-refractivity contribution in [2.45, 2.75) is 17.6 Å². The highest BCUT2D eigenvalue weighted by Gasteiger charge is 2.19. The minimum atomic E-state index is -3.83. The number of sulfone groups is 1. The number of aryl methyl sites for hydroxylation is 1. The van der Waals surface area contributed by atoms with Crippen molar-refractivity contribution in [1.29, 1.82) is 0 Å². The lowest BCUT2D eigenvalue weighted by atomic mass is 10.1. The molecule has 0 bridgehead atoms. The number of benzene rings is 2. The average molecular weight is 370 g/mol. The second kappa shape index (κ2) is 7.10. The number of carboxylic acids is 1. The fourth-order valence-corrected chi connectivity index (χ4v) is 3.51. The van der Waals surface area contributed by atoms with Crippen LogP contribution in [0.5, 0.6) is 0 Å². The van der Waals surface area contributed by atoms with E-state index in [0.29, 0.717) is 5.56 Å². The molecule has 4 nitrogen and oxygen atoms in total. The maximum Gasteiger partial charge on any atom is 0.341 e. The highest BCUT2D eigenvalue weighted by Crippen LogP contribution is 2.24. The monoisotopic (exact) mass is 370 g/mol. The molecule has 8 heteroatoms. The zero-order valence-corrected chi connectivity index (χ0v) is 13.8. The lowest BCUT2D eigenvalue weighted by Gasteiger charge is -2.07. The molecular formula is C17H13F3O4S. The van der Waals surface area contributed by atoms with Crippen LogP contribution in [0.15, 0.2) is 53.4 Å². The SMILES string of the molecule is Cc1ccc(S(=O)(=O)Cc2ccc(C(C(=O)O)=C(F)F)cc2)cc1F. The first kappa shape index (κ1) is 18.7. The summed E-state index contributed by atoms with van der Waals surface area (Å²) in [6.45, 7) is 1.50. The van der Waals surface area contributed by atoms with Crippen LogP contribution in [0.3, 0.4) is 0 Å². The fraction of sp³-hybridized carbons (Fsp3) is 0.118. The van der Waals surface area contributed by atoms with E-state index < -0.39 is 39.0 Å². The van der Waals surface area contributed by atoms with Gasteiger partial charge in [0.2, 0.25) is 0 Å². The Morgan fingerprint density at radius 1 is 1.08 bits per heavy atom. The lowest BCUT2D eigenvalue weighted by Crippen LogP contribution is -2.06. The molecule has 0 spiro atoms. The minimum absolute atomic E-state index is 0.194. The van der Waals surface area contributed by atoms with Crippen molar-refractivity contribution in [3.05, 3.63) is 71.1 Å². The molecule has 0 fully saturated rings. The first-order chi connectivity index (χ1) is 11.6. The Balaban J connectivity index is 2.30. The summed E-state index contributed by atoms with van der Waals surface area (Å²) in [5.74, 6) is -2.90. The molecule has 25 heavy (non-hydrogen) atoms. The number of hydrogen-bond acceptors (Lipinski definition) is 3. The van der Waals surface area contributed by atoms with Gasteiger partial charge in [-0.15, -0.1) is 0 Å². The van der Waals surface area contributed by atoms with Crippen LogP contribution in [-0.4, -0.2) is 19.5 Å². The Bertz CT molecular complexity index is 944. The molecule has 0 aliphatic carbocycles. The molecule has 0 saturated carbocycles. The van der Waals surface area contributed by atoms with Crippen molar-refractivity contribution in [2.75, 3.05) is 0 Å². The Morgan fingerprint density at radius 3 is 2.16 bits per heavy atom. The second-order valence-electron chi connectivity index (χ2n) is 5.31. The molecule has 0 unspecified atom stereocenters. The van der Waals surface area contributed by atoms with Crippen LogP contribution in [0.4, 0.5) is 13.2 Å². The van der Waals surface area contributed by atoms with E-state index in [2.05, 4.69) is 0 Å².